The Balaban J connectivity index is 1.36. The van der Waals surface area contributed by atoms with Gasteiger partial charge in [0.2, 0.25) is 0 Å². The second kappa shape index (κ2) is 9.22. The number of aryl methyl sites for hydroxylation is 1. The van der Waals surface area contributed by atoms with Gasteiger partial charge in [-0.3, -0.25) is 15.1 Å². The first kappa shape index (κ1) is 24.1. The molecule has 5 aromatic heterocycles. The summed E-state index contributed by atoms with van der Waals surface area (Å²) in [7, 11) is 0. The highest BCUT2D eigenvalue weighted by molar-refractivity contribution is 7.15. The van der Waals surface area contributed by atoms with Crippen molar-refractivity contribution in [1.29, 1.82) is 0 Å². The Bertz CT molecular complexity index is 1800. The molecule has 0 atom stereocenters. The number of anilines is 1. The van der Waals surface area contributed by atoms with Gasteiger partial charge in [-0.25, -0.2) is 4.98 Å². The van der Waals surface area contributed by atoms with Crippen molar-refractivity contribution in [2.75, 3.05) is 5.32 Å². The van der Waals surface area contributed by atoms with Gasteiger partial charge in [0.25, 0.3) is 0 Å². The minimum atomic E-state index is 0.161. The smallest absolute Gasteiger partial charge is 0.159 e. The van der Waals surface area contributed by atoms with Gasteiger partial charge in [-0.1, -0.05) is 33.4 Å². The molecule has 0 spiro atoms. The summed E-state index contributed by atoms with van der Waals surface area (Å²) < 4.78 is 0. The number of hydrogen-bond acceptors (Lipinski definition) is 6. The monoisotopic (exact) mass is 519 g/mol. The van der Waals surface area contributed by atoms with Crippen LogP contribution in [0, 0.1) is 12.3 Å². The largest absolute Gasteiger partial charge is 0.358 e. The molecule has 0 aliphatic heterocycles. The molecule has 8 heteroatoms. The molecule has 1 aromatic carbocycles. The van der Waals surface area contributed by atoms with Gasteiger partial charge in [-0.2, -0.15) is 5.10 Å². The lowest BCUT2D eigenvalue weighted by atomic mass is 9.91. The van der Waals surface area contributed by atoms with Crippen LogP contribution in [0.25, 0.3) is 55.2 Å². The van der Waals surface area contributed by atoms with Crippen LogP contribution in [0.15, 0.2) is 73.3 Å². The van der Waals surface area contributed by atoms with E-state index in [2.05, 4.69) is 95.1 Å². The lowest BCUT2D eigenvalue weighted by Gasteiger charge is -2.20. The van der Waals surface area contributed by atoms with Crippen LogP contribution in [0.3, 0.4) is 0 Å². The van der Waals surface area contributed by atoms with Crippen molar-refractivity contribution in [2.24, 2.45) is 5.41 Å². The standard InChI is InChI=1S/C30H29N7S/c1-17(14-30(3,4)5)33-21-12-20(15-31-16-21)19-7-8-23-22(13-19)26(37-36-23)29-34-24-10-11-32-28(27(24)35-29)25-9-6-18(2)38-25/h6-13,15-16,33H,1,14H2,2-5H3,(H,34,35)(H,36,37). The Kier molecular flexibility index (Phi) is 5.84. The SMILES string of the molecule is C=C(CC(C)(C)C)Nc1cncc(-c2ccc3[nH]nc(-c4nc5c(-c6ccc(C)s6)nccc5[nH]4)c3c2)c1. The summed E-state index contributed by atoms with van der Waals surface area (Å²) in [5.74, 6) is 0.706. The fourth-order valence-corrected chi connectivity index (χ4v) is 5.58. The molecule has 6 aromatic rings. The lowest BCUT2D eigenvalue weighted by molar-refractivity contribution is 0.411. The van der Waals surface area contributed by atoms with E-state index < -0.39 is 0 Å². The molecule has 0 aliphatic carbocycles. The lowest BCUT2D eigenvalue weighted by Crippen LogP contribution is -2.10. The maximum atomic E-state index is 4.94. The summed E-state index contributed by atoms with van der Waals surface area (Å²) in [4.78, 5) is 19.9. The predicted octanol–water partition coefficient (Wildman–Crippen LogP) is 7.96. The second-order valence-corrected chi connectivity index (χ2v) is 12.1. The molecule has 38 heavy (non-hydrogen) atoms. The first-order valence-electron chi connectivity index (χ1n) is 12.5. The van der Waals surface area contributed by atoms with Crippen LogP contribution in [0.2, 0.25) is 0 Å². The third-order valence-electron chi connectivity index (χ3n) is 6.30. The maximum Gasteiger partial charge on any atom is 0.159 e. The number of thiophene rings is 1. The topological polar surface area (TPSA) is 95.2 Å². The van der Waals surface area contributed by atoms with Crippen LogP contribution in [0.4, 0.5) is 5.69 Å². The first-order chi connectivity index (χ1) is 18.2. The van der Waals surface area contributed by atoms with Crippen molar-refractivity contribution < 1.29 is 0 Å². The van der Waals surface area contributed by atoms with E-state index in [4.69, 9.17) is 4.98 Å². The van der Waals surface area contributed by atoms with Crippen LogP contribution >= 0.6 is 11.3 Å². The molecule has 7 nitrogen and oxygen atoms in total. The molecular weight excluding hydrogens is 490 g/mol. The molecule has 6 rings (SSSR count). The Morgan fingerprint density at radius 1 is 1.00 bits per heavy atom. The summed E-state index contributed by atoms with van der Waals surface area (Å²) in [6, 6.07) is 14.5. The molecule has 0 unspecified atom stereocenters. The zero-order chi connectivity index (χ0) is 26.4. The van der Waals surface area contributed by atoms with E-state index in [-0.39, 0.29) is 5.41 Å². The van der Waals surface area contributed by atoms with Gasteiger partial charge >= 0.3 is 0 Å². The normalized spacial score (nSPS) is 11.9. The molecule has 3 N–H and O–H groups in total. The van der Waals surface area contributed by atoms with E-state index in [0.29, 0.717) is 5.82 Å². The fraction of sp³-hybridized carbons (Fsp3) is 0.200. The van der Waals surface area contributed by atoms with E-state index in [1.54, 1.807) is 11.3 Å². The zero-order valence-electron chi connectivity index (χ0n) is 21.9. The molecule has 0 radical (unpaired) electrons. The average Bonchev–Trinajstić information content (AvgIpc) is 3.60. The zero-order valence-corrected chi connectivity index (χ0v) is 22.7. The number of rotatable bonds is 6. The fourth-order valence-electron chi connectivity index (χ4n) is 4.72. The molecular formula is C30H29N7S. The van der Waals surface area contributed by atoms with Gasteiger partial charge in [0.1, 0.15) is 16.9 Å². The highest BCUT2D eigenvalue weighted by Gasteiger charge is 2.17. The van der Waals surface area contributed by atoms with Crippen molar-refractivity contribution in [2.45, 2.75) is 34.1 Å². The highest BCUT2D eigenvalue weighted by Crippen LogP contribution is 2.34. The van der Waals surface area contributed by atoms with Gasteiger partial charge in [0.15, 0.2) is 5.82 Å². The van der Waals surface area contributed by atoms with Crippen molar-refractivity contribution in [3.63, 3.8) is 0 Å². The Morgan fingerprint density at radius 3 is 2.66 bits per heavy atom. The van der Waals surface area contributed by atoms with Gasteiger partial charge in [-0.15, -0.1) is 11.3 Å². The average molecular weight is 520 g/mol. The number of nitrogens with zero attached hydrogens (tertiary/aromatic N) is 4. The number of hydrogen-bond donors (Lipinski definition) is 3. The predicted molar refractivity (Wildman–Crippen MR) is 157 cm³/mol. The van der Waals surface area contributed by atoms with Crippen LogP contribution in [0.1, 0.15) is 32.1 Å². The number of fused-ring (bicyclic) bond motifs is 2. The quantitative estimate of drug-likeness (QED) is 0.207. The minimum absolute atomic E-state index is 0.161. The molecule has 5 heterocycles. The Morgan fingerprint density at radius 2 is 1.87 bits per heavy atom. The van der Waals surface area contributed by atoms with Crippen molar-refractivity contribution in [3.8, 4) is 33.2 Å². The van der Waals surface area contributed by atoms with Crippen molar-refractivity contribution in [1.82, 2.24) is 30.1 Å². The molecule has 0 amide bonds. The van der Waals surface area contributed by atoms with E-state index >= 15 is 0 Å². The van der Waals surface area contributed by atoms with Crippen LogP contribution < -0.4 is 5.32 Å². The van der Waals surface area contributed by atoms with E-state index in [0.717, 1.165) is 67.1 Å². The number of nitrogens with one attached hydrogen (secondary N) is 3. The second-order valence-electron chi connectivity index (χ2n) is 10.8. The van der Waals surface area contributed by atoms with Crippen molar-refractivity contribution in [3.05, 3.63) is 78.2 Å². The summed E-state index contributed by atoms with van der Waals surface area (Å²) in [6.45, 7) is 12.9. The third-order valence-corrected chi connectivity index (χ3v) is 7.31. The number of pyridine rings is 2. The summed E-state index contributed by atoms with van der Waals surface area (Å²) in [6.07, 6.45) is 6.40. The van der Waals surface area contributed by atoms with E-state index in [1.165, 1.54) is 4.88 Å². The molecule has 0 bridgehead atoms. The van der Waals surface area contributed by atoms with Crippen molar-refractivity contribution >= 4 is 39.0 Å². The van der Waals surface area contributed by atoms with Gasteiger partial charge < -0.3 is 10.3 Å². The van der Waals surface area contributed by atoms with Crippen LogP contribution in [0.5, 0.6) is 0 Å². The van der Waals surface area contributed by atoms with Gasteiger partial charge in [-0.05, 0) is 60.7 Å². The summed E-state index contributed by atoms with van der Waals surface area (Å²) in [5, 5.41) is 12.2. The number of benzene rings is 1. The number of aromatic amines is 2. The number of imidazole rings is 1. The third kappa shape index (κ3) is 4.70. The van der Waals surface area contributed by atoms with Gasteiger partial charge in [0, 0.05) is 33.9 Å². The maximum absolute atomic E-state index is 4.94. The van der Waals surface area contributed by atoms with Crippen LogP contribution in [-0.2, 0) is 0 Å². The first-order valence-corrected chi connectivity index (χ1v) is 13.4. The number of H-pyrrole nitrogens is 2. The summed E-state index contributed by atoms with van der Waals surface area (Å²) >= 11 is 1.72. The molecule has 0 aliphatic rings. The highest BCUT2D eigenvalue weighted by atomic mass is 32.1. The van der Waals surface area contributed by atoms with Crippen LogP contribution in [-0.4, -0.2) is 30.1 Å². The molecule has 0 fully saturated rings. The van der Waals surface area contributed by atoms with E-state index in [1.807, 2.05) is 30.7 Å². The Hall–Kier alpha value is -4.30. The molecule has 0 saturated carbocycles. The number of allylic oxidation sites excluding steroid dienone is 1. The van der Waals surface area contributed by atoms with E-state index in [9.17, 15) is 0 Å². The summed E-state index contributed by atoms with van der Waals surface area (Å²) in [5.41, 5.74) is 8.48. The number of aromatic nitrogens is 6. The molecule has 190 valence electrons. The van der Waals surface area contributed by atoms with Gasteiger partial charge in [0.05, 0.1) is 27.8 Å². The Labute approximate surface area is 225 Å². The minimum Gasteiger partial charge on any atom is -0.358 e. The molecule has 0 saturated heterocycles.